The fourth-order valence-electron chi connectivity index (χ4n) is 2.06. The Kier molecular flexibility index (Phi) is 4.37. The predicted octanol–water partition coefficient (Wildman–Crippen LogP) is 1.73. The average Bonchev–Trinajstić information content (AvgIpc) is 3.06. The van der Waals surface area contributed by atoms with Crippen LogP contribution in [0.3, 0.4) is 0 Å². The van der Waals surface area contributed by atoms with E-state index in [4.69, 9.17) is 9.47 Å². The lowest BCUT2D eigenvalue weighted by atomic mass is 10.2. The van der Waals surface area contributed by atoms with Gasteiger partial charge in [-0.05, 0) is 23.8 Å². The van der Waals surface area contributed by atoms with Gasteiger partial charge < -0.3 is 20.1 Å². The monoisotopic (exact) mass is 312 g/mol. The summed E-state index contributed by atoms with van der Waals surface area (Å²) in [7, 11) is 0. The van der Waals surface area contributed by atoms with Crippen molar-refractivity contribution in [1.82, 2.24) is 15.3 Å². The summed E-state index contributed by atoms with van der Waals surface area (Å²) < 4.78 is 10.6. The lowest BCUT2D eigenvalue weighted by Gasteiger charge is -2.07. The Balaban J connectivity index is 1.64. The summed E-state index contributed by atoms with van der Waals surface area (Å²) in [5.74, 6) is 1.58. The van der Waals surface area contributed by atoms with E-state index in [0.717, 1.165) is 17.1 Å². The minimum Gasteiger partial charge on any atom is -0.454 e. The molecule has 2 aromatic rings. The quantitative estimate of drug-likeness (QED) is 0.790. The van der Waals surface area contributed by atoms with Crippen molar-refractivity contribution in [2.45, 2.75) is 6.54 Å². The van der Waals surface area contributed by atoms with Crippen molar-refractivity contribution in [3.05, 3.63) is 54.4 Å². The van der Waals surface area contributed by atoms with Crippen LogP contribution in [0, 0.1) is 0 Å². The first-order valence-corrected chi connectivity index (χ1v) is 7.11. The van der Waals surface area contributed by atoms with Gasteiger partial charge in [-0.2, -0.15) is 0 Å². The molecule has 0 fully saturated rings. The van der Waals surface area contributed by atoms with E-state index in [2.05, 4.69) is 27.2 Å². The van der Waals surface area contributed by atoms with E-state index in [9.17, 15) is 4.79 Å². The maximum absolute atomic E-state index is 11.9. The molecule has 0 saturated heterocycles. The summed E-state index contributed by atoms with van der Waals surface area (Å²) in [6.45, 7) is 4.70. The fourth-order valence-corrected chi connectivity index (χ4v) is 2.06. The van der Waals surface area contributed by atoms with Crippen LogP contribution < -0.4 is 20.1 Å². The lowest BCUT2D eigenvalue weighted by molar-refractivity contribution is 0.0953. The van der Waals surface area contributed by atoms with E-state index in [1.165, 1.54) is 6.20 Å². The Morgan fingerprint density at radius 2 is 2.17 bits per heavy atom. The topological polar surface area (TPSA) is 85.4 Å². The number of benzene rings is 1. The molecule has 0 radical (unpaired) electrons. The van der Waals surface area contributed by atoms with Crippen LogP contribution in [-0.4, -0.2) is 29.2 Å². The molecule has 2 heterocycles. The zero-order valence-electron chi connectivity index (χ0n) is 12.4. The largest absolute Gasteiger partial charge is 0.454 e. The number of hydrogen-bond donors (Lipinski definition) is 2. The highest BCUT2D eigenvalue weighted by atomic mass is 16.7. The average molecular weight is 312 g/mol. The van der Waals surface area contributed by atoms with E-state index in [1.54, 1.807) is 12.1 Å². The summed E-state index contributed by atoms with van der Waals surface area (Å²) in [6, 6.07) is 7.25. The van der Waals surface area contributed by atoms with Crippen LogP contribution in [0.4, 0.5) is 5.95 Å². The van der Waals surface area contributed by atoms with E-state index in [1.807, 2.05) is 18.2 Å². The van der Waals surface area contributed by atoms with E-state index >= 15 is 0 Å². The molecule has 2 N–H and O–H groups in total. The molecule has 0 spiro atoms. The number of nitrogens with one attached hydrogen (secondary N) is 2. The van der Waals surface area contributed by atoms with Gasteiger partial charge in [-0.25, -0.2) is 9.97 Å². The van der Waals surface area contributed by atoms with Crippen molar-refractivity contribution < 1.29 is 14.3 Å². The summed E-state index contributed by atoms with van der Waals surface area (Å²) >= 11 is 0. The number of hydrogen-bond acceptors (Lipinski definition) is 6. The molecule has 1 aromatic carbocycles. The van der Waals surface area contributed by atoms with E-state index < -0.39 is 0 Å². The number of ether oxygens (including phenoxy) is 2. The highest BCUT2D eigenvalue weighted by Crippen LogP contribution is 2.32. The van der Waals surface area contributed by atoms with Crippen molar-refractivity contribution in [2.75, 3.05) is 18.7 Å². The minimum absolute atomic E-state index is 0.247. The van der Waals surface area contributed by atoms with Gasteiger partial charge >= 0.3 is 0 Å². The van der Waals surface area contributed by atoms with Crippen molar-refractivity contribution >= 4 is 11.9 Å². The third-order valence-corrected chi connectivity index (χ3v) is 3.18. The number of aromatic nitrogens is 2. The molecule has 1 aliphatic rings. The van der Waals surface area contributed by atoms with E-state index in [-0.39, 0.29) is 12.7 Å². The van der Waals surface area contributed by atoms with Gasteiger partial charge in [-0.3, -0.25) is 4.79 Å². The van der Waals surface area contributed by atoms with Gasteiger partial charge in [0, 0.05) is 19.3 Å². The van der Waals surface area contributed by atoms with Gasteiger partial charge in [0.2, 0.25) is 12.7 Å². The highest BCUT2D eigenvalue weighted by molar-refractivity contribution is 5.92. The first kappa shape index (κ1) is 14.8. The second-order valence-corrected chi connectivity index (χ2v) is 4.81. The predicted molar refractivity (Wildman–Crippen MR) is 84.5 cm³/mol. The van der Waals surface area contributed by atoms with Crippen LogP contribution in [-0.2, 0) is 6.54 Å². The second kappa shape index (κ2) is 6.78. The molecule has 0 aliphatic carbocycles. The zero-order chi connectivity index (χ0) is 16.1. The molecule has 0 atom stereocenters. The standard InChI is InChI=1S/C16H16N4O3/c1-2-6-17-15(21)12-5-7-18-16(20-12)19-9-11-3-4-13-14(8-11)23-10-22-13/h2-5,7-8H,1,6,9-10H2,(H,17,21)(H,18,19,20). The zero-order valence-corrected chi connectivity index (χ0v) is 12.4. The summed E-state index contributed by atoms with van der Waals surface area (Å²) in [5.41, 5.74) is 1.30. The van der Waals surface area contributed by atoms with Gasteiger partial charge in [-0.15, -0.1) is 6.58 Å². The van der Waals surface area contributed by atoms with Crippen molar-refractivity contribution in [3.8, 4) is 11.5 Å². The maximum Gasteiger partial charge on any atom is 0.270 e. The summed E-state index contributed by atoms with van der Waals surface area (Å²) in [5, 5.41) is 5.76. The normalized spacial score (nSPS) is 11.8. The molecule has 0 bridgehead atoms. The van der Waals surface area contributed by atoms with Gasteiger partial charge in [0.05, 0.1) is 0 Å². The number of fused-ring (bicyclic) bond motifs is 1. The number of anilines is 1. The SMILES string of the molecule is C=CCNC(=O)c1ccnc(NCc2ccc3c(c2)OCO3)n1. The Morgan fingerprint density at radius 1 is 1.30 bits per heavy atom. The summed E-state index contributed by atoms with van der Waals surface area (Å²) in [6.07, 6.45) is 3.15. The van der Waals surface area contributed by atoms with Crippen molar-refractivity contribution in [1.29, 1.82) is 0 Å². The second-order valence-electron chi connectivity index (χ2n) is 4.81. The van der Waals surface area contributed by atoms with E-state index in [0.29, 0.717) is 24.7 Å². The first-order valence-electron chi connectivity index (χ1n) is 7.11. The van der Waals surface area contributed by atoms with Crippen LogP contribution >= 0.6 is 0 Å². The van der Waals surface area contributed by atoms with Gasteiger partial charge in [0.15, 0.2) is 11.5 Å². The summed E-state index contributed by atoms with van der Waals surface area (Å²) in [4.78, 5) is 20.2. The molecule has 7 heteroatoms. The third-order valence-electron chi connectivity index (χ3n) is 3.18. The molecule has 7 nitrogen and oxygen atoms in total. The van der Waals surface area contributed by atoms with Gasteiger partial charge in [-0.1, -0.05) is 12.1 Å². The molecule has 118 valence electrons. The number of carbonyl (C=O) groups is 1. The minimum atomic E-state index is -0.265. The van der Waals surface area contributed by atoms with Crippen LogP contribution in [0.2, 0.25) is 0 Å². The molecule has 23 heavy (non-hydrogen) atoms. The molecule has 0 unspecified atom stereocenters. The van der Waals surface area contributed by atoms with Crippen LogP contribution in [0.15, 0.2) is 43.1 Å². The van der Waals surface area contributed by atoms with Crippen LogP contribution in [0.5, 0.6) is 11.5 Å². The highest BCUT2D eigenvalue weighted by Gasteiger charge is 2.13. The fraction of sp³-hybridized carbons (Fsp3) is 0.188. The number of carbonyl (C=O) groups excluding carboxylic acids is 1. The van der Waals surface area contributed by atoms with Crippen LogP contribution in [0.1, 0.15) is 16.1 Å². The first-order chi connectivity index (χ1) is 11.3. The molecule has 1 amide bonds. The van der Waals surface area contributed by atoms with Gasteiger partial charge in [0.25, 0.3) is 5.91 Å². The maximum atomic E-state index is 11.9. The molecule has 1 aliphatic heterocycles. The Morgan fingerprint density at radius 3 is 3.04 bits per heavy atom. The molecule has 0 saturated carbocycles. The number of nitrogens with zero attached hydrogens (tertiary/aromatic N) is 2. The van der Waals surface area contributed by atoms with Crippen LogP contribution in [0.25, 0.3) is 0 Å². The van der Waals surface area contributed by atoms with Crippen molar-refractivity contribution in [2.24, 2.45) is 0 Å². The third kappa shape index (κ3) is 3.57. The lowest BCUT2D eigenvalue weighted by Crippen LogP contribution is -2.24. The number of amides is 1. The molecule has 1 aromatic heterocycles. The smallest absolute Gasteiger partial charge is 0.270 e. The van der Waals surface area contributed by atoms with Gasteiger partial charge in [0.1, 0.15) is 5.69 Å². The molecule has 3 rings (SSSR count). The Hall–Kier alpha value is -3.09. The Bertz CT molecular complexity index is 733. The van der Waals surface area contributed by atoms with Crippen molar-refractivity contribution in [3.63, 3.8) is 0 Å². The molecular formula is C16H16N4O3. The Labute approximate surface area is 133 Å². The molecular weight excluding hydrogens is 296 g/mol. The number of rotatable bonds is 6.